The number of hydrogen-bond acceptors (Lipinski definition) is 7. The van der Waals surface area contributed by atoms with E-state index in [-0.39, 0.29) is 37.9 Å². The Kier molecular flexibility index (Phi) is 7.89. The molecule has 0 spiro atoms. The van der Waals surface area contributed by atoms with Crippen molar-refractivity contribution in [2.75, 3.05) is 5.32 Å². The second-order valence-corrected chi connectivity index (χ2v) is 11.8. The number of anilines is 1. The van der Waals surface area contributed by atoms with Crippen LogP contribution >= 0.6 is 11.3 Å². The zero-order chi connectivity index (χ0) is 25.3. The summed E-state index contributed by atoms with van der Waals surface area (Å²) >= 11 is 0.907. The van der Waals surface area contributed by atoms with Gasteiger partial charge in [-0.2, -0.15) is 5.26 Å². The number of nitrogens with one attached hydrogen (secondary N) is 3. The maximum absolute atomic E-state index is 15.0. The van der Waals surface area contributed by atoms with E-state index in [4.69, 9.17) is 4.78 Å². The highest BCUT2D eigenvalue weighted by atomic mass is 32.2. The second-order valence-electron chi connectivity index (χ2n) is 8.82. The number of nitrogens with zero attached hydrogens (tertiary/aromatic N) is 2. The fourth-order valence-corrected chi connectivity index (χ4v) is 5.93. The van der Waals surface area contributed by atoms with E-state index in [2.05, 4.69) is 15.0 Å². The Labute approximate surface area is 198 Å². The summed E-state index contributed by atoms with van der Waals surface area (Å²) in [7, 11) is -3.81. The summed E-state index contributed by atoms with van der Waals surface area (Å²) in [5, 5.41) is 22.4. The molecule has 1 heterocycles. The first-order chi connectivity index (χ1) is 15.1. The summed E-state index contributed by atoms with van der Waals surface area (Å²) in [5.41, 5.74) is -0.133. The Morgan fingerprint density at radius 3 is 2.42 bits per heavy atom. The van der Waals surface area contributed by atoms with Crippen molar-refractivity contribution in [1.29, 1.82) is 10.0 Å². The van der Waals surface area contributed by atoms with E-state index in [0.29, 0.717) is 17.7 Å². The number of aromatic nitrogens is 1. The van der Waals surface area contributed by atoms with Crippen molar-refractivity contribution in [3.63, 3.8) is 0 Å². The van der Waals surface area contributed by atoms with E-state index < -0.39 is 27.4 Å². The number of hydrogen-bond donors (Lipinski definition) is 4. The molecule has 0 bridgehead atoms. The highest BCUT2D eigenvalue weighted by Gasteiger charge is 2.29. The Balaban J connectivity index is 2.49. The van der Waals surface area contributed by atoms with Crippen molar-refractivity contribution in [3.8, 4) is 6.07 Å². The van der Waals surface area contributed by atoms with Crippen LogP contribution in [0.15, 0.2) is 10.3 Å². The molecule has 0 aliphatic heterocycles. The molecule has 0 fully saturated rings. The van der Waals surface area contributed by atoms with Crippen LogP contribution in [0.2, 0.25) is 0 Å². The minimum atomic E-state index is -3.81. The molecule has 0 radical (unpaired) electrons. The third-order valence-corrected chi connectivity index (χ3v) is 8.30. The number of thiazole rings is 1. The molecule has 2 rings (SSSR count). The summed E-state index contributed by atoms with van der Waals surface area (Å²) in [4.78, 5) is 17.1. The molecule has 0 aliphatic carbocycles. The van der Waals surface area contributed by atoms with Crippen molar-refractivity contribution >= 4 is 33.0 Å². The normalized spacial score (nSPS) is 13.6. The Hall–Kier alpha value is -2.55. The summed E-state index contributed by atoms with van der Waals surface area (Å²) in [6.07, 6.45) is 0.358. The SMILES string of the molecule is CCc1nc(C(C)(C)O)sc1[S@](=N)(=O)NC(=O)Nc1c(C(C)C)cc(C#N)c(F)c1C(C)C. The van der Waals surface area contributed by atoms with E-state index in [1.165, 1.54) is 19.9 Å². The molecule has 1 aromatic carbocycles. The van der Waals surface area contributed by atoms with Gasteiger partial charge in [0.15, 0.2) is 9.92 Å². The van der Waals surface area contributed by atoms with E-state index in [1.807, 2.05) is 19.9 Å². The van der Waals surface area contributed by atoms with Gasteiger partial charge in [-0.25, -0.2) is 27.9 Å². The van der Waals surface area contributed by atoms with Crippen LogP contribution in [-0.2, 0) is 21.9 Å². The molecule has 1 atom stereocenters. The van der Waals surface area contributed by atoms with E-state index in [9.17, 15) is 23.8 Å². The first kappa shape index (κ1) is 26.7. The zero-order valence-electron chi connectivity index (χ0n) is 19.8. The van der Waals surface area contributed by atoms with Gasteiger partial charge < -0.3 is 10.4 Å². The lowest BCUT2D eigenvalue weighted by molar-refractivity contribution is 0.0781. The summed E-state index contributed by atoms with van der Waals surface area (Å²) < 4.78 is 38.7. The van der Waals surface area contributed by atoms with E-state index in [0.717, 1.165) is 11.3 Å². The van der Waals surface area contributed by atoms with Crippen LogP contribution in [0.4, 0.5) is 14.9 Å². The van der Waals surface area contributed by atoms with Crippen LogP contribution in [0.25, 0.3) is 0 Å². The standard InChI is InChI=1S/C22H30FN5O3S2/c1-8-15-19(32-20(26-15)22(6,7)30)33(25,31)28-21(29)27-18-14(11(2)3)9-13(10-24)17(23)16(18)12(4)5/h9,11-12,30H,8H2,1-7H3,(H3,25,27,28,29,31)/t33-/m1/s1. The average Bonchev–Trinajstić information content (AvgIpc) is 3.13. The van der Waals surface area contributed by atoms with Crippen molar-refractivity contribution in [3.05, 3.63) is 39.3 Å². The first-order valence-electron chi connectivity index (χ1n) is 10.5. The molecule has 1 aromatic heterocycles. The van der Waals surface area contributed by atoms with Gasteiger partial charge in [0.25, 0.3) is 0 Å². The lowest BCUT2D eigenvalue weighted by Crippen LogP contribution is -2.34. The predicted octanol–water partition coefficient (Wildman–Crippen LogP) is 5.33. The highest BCUT2D eigenvalue weighted by molar-refractivity contribution is 7.93. The van der Waals surface area contributed by atoms with Crippen molar-refractivity contribution in [2.45, 2.75) is 76.5 Å². The van der Waals surface area contributed by atoms with Crippen LogP contribution in [0.3, 0.4) is 0 Å². The lowest BCUT2D eigenvalue weighted by Gasteiger charge is -2.22. The van der Waals surface area contributed by atoms with Crippen LogP contribution in [-0.4, -0.2) is 20.3 Å². The number of aryl methyl sites for hydroxylation is 1. The number of carbonyl (C=O) groups excluding carboxylic acids is 1. The maximum atomic E-state index is 15.0. The quantitative estimate of drug-likeness (QED) is 0.411. The molecule has 11 heteroatoms. The Bertz CT molecular complexity index is 1210. The highest BCUT2D eigenvalue weighted by Crippen LogP contribution is 2.37. The van der Waals surface area contributed by atoms with Gasteiger partial charge in [0.05, 0.1) is 16.9 Å². The maximum Gasteiger partial charge on any atom is 0.331 e. The van der Waals surface area contributed by atoms with Crippen LogP contribution in [0.1, 0.15) is 87.7 Å². The molecule has 33 heavy (non-hydrogen) atoms. The van der Waals surface area contributed by atoms with Crippen molar-refractivity contribution in [2.24, 2.45) is 0 Å². The molecular formula is C22H30FN5O3S2. The largest absolute Gasteiger partial charge is 0.383 e. The molecule has 0 aliphatic rings. The number of carbonyl (C=O) groups is 1. The summed E-state index contributed by atoms with van der Waals surface area (Å²) in [5.74, 6) is -1.22. The van der Waals surface area contributed by atoms with Crippen LogP contribution in [0.5, 0.6) is 0 Å². The monoisotopic (exact) mass is 495 g/mol. The molecular weight excluding hydrogens is 465 g/mol. The smallest absolute Gasteiger partial charge is 0.331 e. The number of benzene rings is 1. The number of nitriles is 1. The van der Waals surface area contributed by atoms with Gasteiger partial charge in [-0.3, -0.25) is 0 Å². The Morgan fingerprint density at radius 2 is 1.97 bits per heavy atom. The minimum absolute atomic E-state index is 0.0523. The second kappa shape index (κ2) is 9.75. The molecule has 0 saturated heterocycles. The topological polar surface area (TPSA) is 139 Å². The fraction of sp³-hybridized carbons (Fsp3) is 0.500. The number of aliphatic hydroxyl groups is 1. The van der Waals surface area contributed by atoms with Crippen LogP contribution in [0, 0.1) is 21.9 Å². The molecule has 180 valence electrons. The molecule has 8 nitrogen and oxygen atoms in total. The number of halogens is 1. The third-order valence-electron chi connectivity index (χ3n) is 4.91. The number of rotatable bonds is 7. The van der Waals surface area contributed by atoms with Crippen molar-refractivity contribution < 1.29 is 18.5 Å². The molecule has 2 aromatic rings. The van der Waals surface area contributed by atoms with E-state index >= 15 is 0 Å². The molecule has 0 saturated carbocycles. The molecule has 0 unspecified atom stereocenters. The van der Waals surface area contributed by atoms with Gasteiger partial charge in [0, 0.05) is 5.56 Å². The lowest BCUT2D eigenvalue weighted by atomic mass is 9.90. The van der Waals surface area contributed by atoms with Gasteiger partial charge in [0.2, 0.25) is 0 Å². The number of urea groups is 1. The summed E-state index contributed by atoms with van der Waals surface area (Å²) in [6.45, 7) is 12.0. The van der Waals surface area contributed by atoms with Gasteiger partial charge in [-0.15, -0.1) is 11.3 Å². The van der Waals surface area contributed by atoms with Gasteiger partial charge in [-0.05, 0) is 43.7 Å². The van der Waals surface area contributed by atoms with Gasteiger partial charge in [0.1, 0.15) is 26.7 Å². The number of amides is 2. The first-order valence-corrected chi connectivity index (χ1v) is 12.9. The average molecular weight is 496 g/mol. The Morgan fingerprint density at radius 1 is 1.36 bits per heavy atom. The van der Waals surface area contributed by atoms with Crippen molar-refractivity contribution in [1.82, 2.24) is 9.71 Å². The summed E-state index contributed by atoms with van der Waals surface area (Å²) in [6, 6.07) is 2.30. The minimum Gasteiger partial charge on any atom is -0.383 e. The molecule has 4 N–H and O–H groups in total. The predicted molar refractivity (Wildman–Crippen MR) is 127 cm³/mol. The van der Waals surface area contributed by atoms with Gasteiger partial charge >= 0.3 is 6.03 Å². The third kappa shape index (κ3) is 5.69. The fourth-order valence-electron chi connectivity index (χ4n) is 3.28. The molecule has 2 amide bonds. The van der Waals surface area contributed by atoms with E-state index in [1.54, 1.807) is 20.8 Å². The van der Waals surface area contributed by atoms with Gasteiger partial charge in [-0.1, -0.05) is 34.6 Å². The van der Waals surface area contributed by atoms with Crippen LogP contribution < -0.4 is 10.0 Å². The zero-order valence-corrected chi connectivity index (χ0v) is 21.4.